The third kappa shape index (κ3) is 1.81. The van der Waals surface area contributed by atoms with Crippen LogP contribution in [0.25, 0.3) is 11.0 Å². The zero-order valence-corrected chi connectivity index (χ0v) is 10.1. The maximum atomic E-state index is 10.4. The molecule has 0 saturated carbocycles. The predicted molar refractivity (Wildman–Crippen MR) is 71.5 cm³/mol. The van der Waals surface area contributed by atoms with Crippen molar-refractivity contribution >= 4 is 11.0 Å². The van der Waals surface area contributed by atoms with Crippen molar-refractivity contribution in [2.75, 3.05) is 0 Å². The first-order valence-corrected chi connectivity index (χ1v) is 5.96. The molecule has 1 unspecified atom stereocenters. The molecule has 90 valence electrons. The van der Waals surface area contributed by atoms with Crippen molar-refractivity contribution in [3.8, 4) is 0 Å². The quantitative estimate of drug-likeness (QED) is 0.736. The van der Waals surface area contributed by atoms with Crippen LogP contribution >= 0.6 is 0 Å². The van der Waals surface area contributed by atoms with Crippen LogP contribution in [-0.4, -0.2) is 5.11 Å². The molecule has 0 aliphatic rings. The number of benzene rings is 2. The van der Waals surface area contributed by atoms with E-state index in [1.807, 2.05) is 55.5 Å². The Morgan fingerprint density at radius 1 is 1.00 bits per heavy atom. The van der Waals surface area contributed by atoms with Gasteiger partial charge in [0, 0.05) is 10.9 Å². The molecule has 0 fully saturated rings. The summed E-state index contributed by atoms with van der Waals surface area (Å²) in [5.41, 5.74) is 3.68. The summed E-state index contributed by atoms with van der Waals surface area (Å²) in [4.78, 5) is 0. The van der Waals surface area contributed by atoms with Crippen molar-refractivity contribution < 1.29 is 9.52 Å². The summed E-state index contributed by atoms with van der Waals surface area (Å²) in [7, 11) is 0. The van der Waals surface area contributed by atoms with Crippen LogP contribution in [0.3, 0.4) is 0 Å². The van der Waals surface area contributed by atoms with Crippen LogP contribution in [0.5, 0.6) is 0 Å². The highest BCUT2D eigenvalue weighted by Gasteiger charge is 2.15. The fraction of sp³-hybridized carbons (Fsp3) is 0.125. The van der Waals surface area contributed by atoms with Crippen molar-refractivity contribution in [2.45, 2.75) is 13.0 Å². The SMILES string of the molecule is Cc1ccc(C(O)c2coc3ccccc23)cc1. The van der Waals surface area contributed by atoms with E-state index in [-0.39, 0.29) is 0 Å². The Morgan fingerprint density at radius 2 is 1.72 bits per heavy atom. The number of para-hydroxylation sites is 1. The topological polar surface area (TPSA) is 33.4 Å². The molecule has 0 spiro atoms. The van der Waals surface area contributed by atoms with Crippen LogP contribution < -0.4 is 0 Å². The van der Waals surface area contributed by atoms with E-state index in [4.69, 9.17) is 4.42 Å². The molecule has 0 amide bonds. The Kier molecular flexibility index (Phi) is 2.65. The minimum atomic E-state index is -0.644. The monoisotopic (exact) mass is 238 g/mol. The van der Waals surface area contributed by atoms with E-state index in [1.165, 1.54) is 5.56 Å². The number of fused-ring (bicyclic) bond motifs is 1. The van der Waals surface area contributed by atoms with Gasteiger partial charge in [0.05, 0.1) is 6.26 Å². The molecule has 2 nitrogen and oxygen atoms in total. The van der Waals surface area contributed by atoms with Crippen molar-refractivity contribution in [2.24, 2.45) is 0 Å². The molecule has 3 aromatic rings. The average Bonchev–Trinajstić information content (AvgIpc) is 2.82. The van der Waals surface area contributed by atoms with Gasteiger partial charge in [0.25, 0.3) is 0 Å². The molecule has 1 heterocycles. The Bertz CT molecular complexity index is 665. The normalized spacial score (nSPS) is 12.8. The van der Waals surface area contributed by atoms with Gasteiger partial charge < -0.3 is 9.52 Å². The van der Waals surface area contributed by atoms with Crippen LogP contribution in [0.1, 0.15) is 22.8 Å². The van der Waals surface area contributed by atoms with E-state index < -0.39 is 6.10 Å². The van der Waals surface area contributed by atoms with Gasteiger partial charge >= 0.3 is 0 Å². The van der Waals surface area contributed by atoms with Gasteiger partial charge in [0.15, 0.2) is 0 Å². The Balaban J connectivity index is 2.06. The third-order valence-electron chi connectivity index (χ3n) is 3.20. The molecule has 3 rings (SSSR count). The highest BCUT2D eigenvalue weighted by Crippen LogP contribution is 2.30. The van der Waals surface area contributed by atoms with Gasteiger partial charge in [-0.15, -0.1) is 0 Å². The van der Waals surface area contributed by atoms with E-state index in [0.717, 1.165) is 22.1 Å². The van der Waals surface area contributed by atoms with Gasteiger partial charge in [-0.05, 0) is 18.6 Å². The highest BCUT2D eigenvalue weighted by atomic mass is 16.3. The number of hydrogen-bond donors (Lipinski definition) is 1. The first-order chi connectivity index (χ1) is 8.75. The molecular formula is C16H14O2. The predicted octanol–water partition coefficient (Wildman–Crippen LogP) is 3.82. The number of aliphatic hydroxyl groups excluding tert-OH is 1. The lowest BCUT2D eigenvalue weighted by atomic mass is 10.0. The second-order valence-electron chi connectivity index (χ2n) is 4.50. The van der Waals surface area contributed by atoms with Crippen molar-refractivity contribution in [1.82, 2.24) is 0 Å². The number of aryl methyl sites for hydroxylation is 1. The van der Waals surface area contributed by atoms with Gasteiger partial charge in [0.1, 0.15) is 11.7 Å². The number of aliphatic hydroxyl groups is 1. The lowest BCUT2D eigenvalue weighted by molar-refractivity contribution is 0.220. The lowest BCUT2D eigenvalue weighted by Crippen LogP contribution is -1.98. The van der Waals surface area contributed by atoms with Gasteiger partial charge in [-0.25, -0.2) is 0 Å². The lowest BCUT2D eigenvalue weighted by Gasteiger charge is -2.09. The van der Waals surface area contributed by atoms with Gasteiger partial charge in [-0.2, -0.15) is 0 Å². The first-order valence-electron chi connectivity index (χ1n) is 5.96. The average molecular weight is 238 g/mol. The largest absolute Gasteiger partial charge is 0.464 e. The third-order valence-corrected chi connectivity index (χ3v) is 3.20. The van der Waals surface area contributed by atoms with Gasteiger partial charge in [-0.1, -0.05) is 48.0 Å². The fourth-order valence-electron chi connectivity index (χ4n) is 2.14. The second-order valence-corrected chi connectivity index (χ2v) is 4.50. The molecule has 2 aromatic carbocycles. The fourth-order valence-corrected chi connectivity index (χ4v) is 2.14. The minimum absolute atomic E-state index is 0.644. The molecule has 2 heteroatoms. The summed E-state index contributed by atoms with van der Waals surface area (Å²) >= 11 is 0. The molecule has 0 bridgehead atoms. The van der Waals surface area contributed by atoms with E-state index in [0.29, 0.717) is 0 Å². The summed E-state index contributed by atoms with van der Waals surface area (Å²) < 4.78 is 5.46. The molecule has 18 heavy (non-hydrogen) atoms. The zero-order valence-electron chi connectivity index (χ0n) is 10.1. The number of rotatable bonds is 2. The molecule has 1 atom stereocenters. The first kappa shape index (κ1) is 11.1. The van der Waals surface area contributed by atoms with Gasteiger partial charge in [0.2, 0.25) is 0 Å². The molecule has 1 aromatic heterocycles. The number of furan rings is 1. The van der Waals surface area contributed by atoms with Crippen molar-refractivity contribution in [3.63, 3.8) is 0 Å². The Morgan fingerprint density at radius 3 is 2.50 bits per heavy atom. The van der Waals surface area contributed by atoms with Crippen LogP contribution in [0.15, 0.2) is 59.2 Å². The highest BCUT2D eigenvalue weighted by molar-refractivity contribution is 5.81. The summed E-state index contributed by atoms with van der Waals surface area (Å²) in [5.74, 6) is 0. The Hall–Kier alpha value is -2.06. The summed E-state index contributed by atoms with van der Waals surface area (Å²) in [5, 5.41) is 11.4. The van der Waals surface area contributed by atoms with Crippen LogP contribution in [0.4, 0.5) is 0 Å². The minimum Gasteiger partial charge on any atom is -0.464 e. The second kappa shape index (κ2) is 4.31. The van der Waals surface area contributed by atoms with E-state index >= 15 is 0 Å². The van der Waals surface area contributed by atoms with Crippen LogP contribution in [0.2, 0.25) is 0 Å². The maximum Gasteiger partial charge on any atom is 0.134 e. The summed E-state index contributed by atoms with van der Waals surface area (Å²) in [6.45, 7) is 2.03. The smallest absolute Gasteiger partial charge is 0.134 e. The van der Waals surface area contributed by atoms with Crippen LogP contribution in [0, 0.1) is 6.92 Å². The zero-order chi connectivity index (χ0) is 12.5. The van der Waals surface area contributed by atoms with Gasteiger partial charge in [-0.3, -0.25) is 0 Å². The summed E-state index contributed by atoms with van der Waals surface area (Å²) in [6, 6.07) is 15.6. The van der Waals surface area contributed by atoms with Crippen LogP contribution in [-0.2, 0) is 0 Å². The molecular weight excluding hydrogens is 224 g/mol. The molecule has 0 saturated heterocycles. The molecule has 0 aliphatic carbocycles. The van der Waals surface area contributed by atoms with E-state index in [2.05, 4.69) is 0 Å². The molecule has 0 aliphatic heterocycles. The number of hydrogen-bond acceptors (Lipinski definition) is 2. The Labute approximate surface area is 105 Å². The standard InChI is InChI=1S/C16H14O2/c1-11-6-8-12(9-7-11)16(17)14-10-18-15-5-3-2-4-13(14)15/h2-10,16-17H,1H3. The molecule has 0 radical (unpaired) electrons. The van der Waals surface area contributed by atoms with Crippen molar-refractivity contribution in [3.05, 3.63) is 71.5 Å². The molecule has 1 N–H and O–H groups in total. The van der Waals surface area contributed by atoms with E-state index in [9.17, 15) is 5.11 Å². The van der Waals surface area contributed by atoms with E-state index in [1.54, 1.807) is 6.26 Å². The maximum absolute atomic E-state index is 10.4. The summed E-state index contributed by atoms with van der Waals surface area (Å²) in [6.07, 6.45) is 0.990. The van der Waals surface area contributed by atoms with Crippen molar-refractivity contribution in [1.29, 1.82) is 0 Å².